The van der Waals surface area contributed by atoms with Crippen LogP contribution in [0.25, 0.3) is 0 Å². The molecular formula is C14H19NO2. The second kappa shape index (κ2) is 6.15. The molecule has 0 bridgehead atoms. The highest BCUT2D eigenvalue weighted by molar-refractivity contribution is 5.31. The molecule has 0 fully saturated rings. The van der Waals surface area contributed by atoms with E-state index < -0.39 is 0 Å². The first-order chi connectivity index (χ1) is 8.07. The summed E-state index contributed by atoms with van der Waals surface area (Å²) in [4.78, 5) is 0. The molecule has 92 valence electrons. The van der Waals surface area contributed by atoms with Gasteiger partial charge in [0.15, 0.2) is 0 Å². The Morgan fingerprint density at radius 2 is 1.65 bits per heavy atom. The standard InChI is InChI=1S/C14H19NO2/c1-4-16-12-5-7-13(8-6-12)17-10-9-14(2,3)11-15/h5-8H,4,9-10H2,1-3H3. The van der Waals surface area contributed by atoms with Crippen molar-refractivity contribution in [2.45, 2.75) is 27.2 Å². The minimum Gasteiger partial charge on any atom is -0.494 e. The molecular weight excluding hydrogens is 214 g/mol. The van der Waals surface area contributed by atoms with Crippen LogP contribution >= 0.6 is 0 Å². The third kappa shape index (κ3) is 4.78. The summed E-state index contributed by atoms with van der Waals surface area (Å²) in [5, 5.41) is 8.86. The van der Waals surface area contributed by atoms with Crippen LogP contribution in [0.15, 0.2) is 24.3 Å². The molecule has 0 atom stereocenters. The molecule has 0 heterocycles. The van der Waals surface area contributed by atoms with Crippen molar-refractivity contribution < 1.29 is 9.47 Å². The fourth-order valence-corrected chi connectivity index (χ4v) is 1.28. The van der Waals surface area contributed by atoms with Crippen molar-refractivity contribution >= 4 is 0 Å². The van der Waals surface area contributed by atoms with Crippen LogP contribution in [0.4, 0.5) is 0 Å². The zero-order chi connectivity index (χ0) is 12.7. The maximum Gasteiger partial charge on any atom is 0.119 e. The Kier molecular flexibility index (Phi) is 4.84. The second-order valence-corrected chi connectivity index (χ2v) is 4.50. The second-order valence-electron chi connectivity index (χ2n) is 4.50. The van der Waals surface area contributed by atoms with Crippen molar-refractivity contribution in [3.05, 3.63) is 24.3 Å². The van der Waals surface area contributed by atoms with Gasteiger partial charge in [0, 0.05) is 0 Å². The van der Waals surface area contributed by atoms with E-state index >= 15 is 0 Å². The Bertz CT molecular complexity index is 376. The van der Waals surface area contributed by atoms with Gasteiger partial charge in [-0.25, -0.2) is 0 Å². The molecule has 3 heteroatoms. The summed E-state index contributed by atoms with van der Waals surface area (Å²) in [7, 11) is 0. The first-order valence-corrected chi connectivity index (χ1v) is 5.84. The Hall–Kier alpha value is -1.69. The maximum atomic E-state index is 8.86. The molecule has 0 aliphatic rings. The molecule has 1 aromatic rings. The van der Waals surface area contributed by atoms with Gasteiger partial charge < -0.3 is 9.47 Å². The molecule has 0 saturated heterocycles. The summed E-state index contributed by atoms with van der Waals surface area (Å²) >= 11 is 0. The van der Waals surface area contributed by atoms with Crippen LogP contribution in [0.1, 0.15) is 27.2 Å². The highest BCUT2D eigenvalue weighted by Crippen LogP contribution is 2.21. The van der Waals surface area contributed by atoms with E-state index in [9.17, 15) is 0 Å². The predicted octanol–water partition coefficient (Wildman–Crippen LogP) is 3.40. The fourth-order valence-electron chi connectivity index (χ4n) is 1.28. The van der Waals surface area contributed by atoms with Crippen molar-refractivity contribution in [2.75, 3.05) is 13.2 Å². The summed E-state index contributed by atoms with van der Waals surface area (Å²) < 4.78 is 10.9. The number of hydrogen-bond donors (Lipinski definition) is 0. The fraction of sp³-hybridized carbons (Fsp3) is 0.500. The van der Waals surface area contributed by atoms with Crippen LogP contribution in [0.2, 0.25) is 0 Å². The lowest BCUT2D eigenvalue weighted by atomic mass is 9.92. The quantitative estimate of drug-likeness (QED) is 0.756. The van der Waals surface area contributed by atoms with Gasteiger partial charge in [0.05, 0.1) is 24.7 Å². The lowest BCUT2D eigenvalue weighted by Gasteiger charge is -2.15. The van der Waals surface area contributed by atoms with Gasteiger partial charge in [-0.2, -0.15) is 5.26 Å². The average molecular weight is 233 g/mol. The Balaban J connectivity index is 2.40. The van der Waals surface area contributed by atoms with Crippen LogP contribution in [-0.2, 0) is 0 Å². The molecule has 1 rings (SSSR count). The number of benzene rings is 1. The molecule has 17 heavy (non-hydrogen) atoms. The third-order valence-corrected chi connectivity index (χ3v) is 2.43. The zero-order valence-electron chi connectivity index (χ0n) is 10.7. The van der Waals surface area contributed by atoms with Gasteiger partial charge in [0.1, 0.15) is 11.5 Å². The predicted molar refractivity (Wildman–Crippen MR) is 67.1 cm³/mol. The summed E-state index contributed by atoms with van der Waals surface area (Å²) in [5.74, 6) is 1.65. The van der Waals surface area contributed by atoms with Gasteiger partial charge in [0.25, 0.3) is 0 Å². The molecule has 0 unspecified atom stereocenters. The average Bonchev–Trinajstić information content (AvgIpc) is 2.32. The monoisotopic (exact) mass is 233 g/mol. The number of rotatable bonds is 6. The van der Waals surface area contributed by atoms with E-state index in [4.69, 9.17) is 14.7 Å². The summed E-state index contributed by atoms with van der Waals surface area (Å²) in [6, 6.07) is 9.78. The Labute approximate surface area is 103 Å². The zero-order valence-corrected chi connectivity index (χ0v) is 10.7. The largest absolute Gasteiger partial charge is 0.494 e. The first-order valence-electron chi connectivity index (χ1n) is 5.84. The molecule has 0 spiro atoms. The van der Waals surface area contributed by atoms with E-state index in [1.165, 1.54) is 0 Å². The van der Waals surface area contributed by atoms with Gasteiger partial charge in [-0.05, 0) is 51.5 Å². The van der Waals surface area contributed by atoms with Crippen LogP contribution in [0.5, 0.6) is 11.5 Å². The molecule has 0 saturated carbocycles. The minimum absolute atomic E-state index is 0.328. The van der Waals surface area contributed by atoms with Crippen LogP contribution in [0, 0.1) is 16.7 Å². The van der Waals surface area contributed by atoms with E-state index in [-0.39, 0.29) is 5.41 Å². The third-order valence-electron chi connectivity index (χ3n) is 2.43. The van der Waals surface area contributed by atoms with E-state index in [0.717, 1.165) is 17.9 Å². The SMILES string of the molecule is CCOc1ccc(OCCC(C)(C)C#N)cc1. The Morgan fingerprint density at radius 3 is 2.12 bits per heavy atom. The van der Waals surface area contributed by atoms with Crippen molar-refractivity contribution in [1.82, 2.24) is 0 Å². The summed E-state index contributed by atoms with van der Waals surface area (Å²) in [5.41, 5.74) is -0.328. The summed E-state index contributed by atoms with van der Waals surface area (Å²) in [6.45, 7) is 6.99. The van der Waals surface area contributed by atoms with Gasteiger partial charge in [0.2, 0.25) is 0 Å². The van der Waals surface area contributed by atoms with Crippen LogP contribution in [-0.4, -0.2) is 13.2 Å². The minimum atomic E-state index is -0.328. The molecule has 0 aromatic heterocycles. The molecule has 1 aromatic carbocycles. The van der Waals surface area contributed by atoms with E-state index in [0.29, 0.717) is 13.2 Å². The number of ether oxygens (including phenoxy) is 2. The van der Waals surface area contributed by atoms with E-state index in [2.05, 4.69) is 6.07 Å². The number of hydrogen-bond acceptors (Lipinski definition) is 3. The van der Waals surface area contributed by atoms with Gasteiger partial charge in [-0.15, -0.1) is 0 Å². The lowest BCUT2D eigenvalue weighted by molar-refractivity contribution is 0.264. The van der Waals surface area contributed by atoms with E-state index in [1.54, 1.807) is 0 Å². The first kappa shape index (κ1) is 13.4. The van der Waals surface area contributed by atoms with Gasteiger partial charge in [-0.3, -0.25) is 0 Å². The highest BCUT2D eigenvalue weighted by atomic mass is 16.5. The van der Waals surface area contributed by atoms with Crippen LogP contribution in [0.3, 0.4) is 0 Å². The van der Waals surface area contributed by atoms with Gasteiger partial charge >= 0.3 is 0 Å². The van der Waals surface area contributed by atoms with Crippen molar-refractivity contribution in [3.63, 3.8) is 0 Å². The molecule has 0 amide bonds. The maximum absolute atomic E-state index is 8.86. The smallest absolute Gasteiger partial charge is 0.119 e. The normalized spacial score (nSPS) is 10.7. The van der Waals surface area contributed by atoms with E-state index in [1.807, 2.05) is 45.0 Å². The topological polar surface area (TPSA) is 42.2 Å². The van der Waals surface area contributed by atoms with Crippen molar-refractivity contribution in [3.8, 4) is 17.6 Å². The van der Waals surface area contributed by atoms with Crippen molar-refractivity contribution in [2.24, 2.45) is 5.41 Å². The molecule has 0 aliphatic heterocycles. The lowest BCUT2D eigenvalue weighted by Crippen LogP contribution is -2.13. The number of nitrogens with zero attached hydrogens (tertiary/aromatic N) is 1. The molecule has 0 N–H and O–H groups in total. The van der Waals surface area contributed by atoms with Crippen LogP contribution < -0.4 is 9.47 Å². The summed E-state index contributed by atoms with van der Waals surface area (Å²) in [6.07, 6.45) is 0.719. The molecule has 3 nitrogen and oxygen atoms in total. The molecule has 0 radical (unpaired) electrons. The highest BCUT2D eigenvalue weighted by Gasteiger charge is 2.16. The van der Waals surface area contributed by atoms with Crippen molar-refractivity contribution in [1.29, 1.82) is 5.26 Å². The Morgan fingerprint density at radius 1 is 1.12 bits per heavy atom. The number of nitriles is 1. The van der Waals surface area contributed by atoms with Gasteiger partial charge in [-0.1, -0.05) is 0 Å². The molecule has 0 aliphatic carbocycles.